The molecule has 1 atom stereocenters. The Morgan fingerprint density at radius 2 is 2.24 bits per heavy atom. The van der Waals surface area contributed by atoms with Crippen molar-refractivity contribution in [3.05, 3.63) is 29.8 Å². The standard InChI is InChI=1S/C12H17NO3S/c1-17-7-6-10(12(15)16)13-8-9-4-2-3-5-11(9)14/h2-5,10,13-14H,6-8H2,1H3,(H,15,16)/t10-/m1/s1. The van der Waals surface area contributed by atoms with Gasteiger partial charge in [-0.1, -0.05) is 12.1 Å². The molecule has 0 aliphatic carbocycles. The molecule has 4 nitrogen and oxygen atoms in total. The van der Waals surface area contributed by atoms with Crippen LogP contribution in [0.4, 0.5) is 0 Å². The van der Waals surface area contributed by atoms with Crippen LogP contribution in [0.2, 0.25) is 0 Å². The highest BCUT2D eigenvalue weighted by Gasteiger charge is 2.13. The molecular formula is C12H17NO3S. The zero-order valence-corrected chi connectivity index (χ0v) is 10.6. The summed E-state index contributed by atoms with van der Waals surface area (Å²) in [5.41, 5.74) is 0.739. The first-order chi connectivity index (χ1) is 8.15. The van der Waals surface area contributed by atoms with Crippen molar-refractivity contribution in [2.75, 3.05) is 12.0 Å². The molecule has 1 rings (SSSR count). The van der Waals surface area contributed by atoms with Gasteiger partial charge in [-0.2, -0.15) is 11.8 Å². The third-order valence-corrected chi connectivity index (χ3v) is 3.19. The summed E-state index contributed by atoms with van der Waals surface area (Å²) in [6.07, 6.45) is 2.51. The van der Waals surface area contributed by atoms with Crippen LogP contribution in [0.25, 0.3) is 0 Å². The van der Waals surface area contributed by atoms with Gasteiger partial charge >= 0.3 is 0 Å². The molecule has 0 saturated carbocycles. The highest BCUT2D eigenvalue weighted by molar-refractivity contribution is 7.98. The van der Waals surface area contributed by atoms with E-state index in [1.807, 2.05) is 12.3 Å². The van der Waals surface area contributed by atoms with Crippen molar-refractivity contribution in [1.82, 2.24) is 0 Å². The second-order valence-electron chi connectivity index (χ2n) is 3.78. The zero-order chi connectivity index (χ0) is 12.7. The molecule has 5 heteroatoms. The molecule has 0 aromatic heterocycles. The molecule has 0 bridgehead atoms. The highest BCUT2D eigenvalue weighted by Crippen LogP contribution is 2.13. The van der Waals surface area contributed by atoms with Gasteiger partial charge in [0.15, 0.2) is 0 Å². The largest absolute Gasteiger partial charge is 0.544 e. The van der Waals surface area contributed by atoms with Gasteiger partial charge in [-0.3, -0.25) is 0 Å². The van der Waals surface area contributed by atoms with Gasteiger partial charge in [0.1, 0.15) is 18.3 Å². The topological polar surface area (TPSA) is 77.0 Å². The number of benzene rings is 1. The van der Waals surface area contributed by atoms with Crippen molar-refractivity contribution in [1.29, 1.82) is 0 Å². The van der Waals surface area contributed by atoms with Gasteiger partial charge in [-0.05, 0) is 24.1 Å². The number of rotatable bonds is 7. The van der Waals surface area contributed by atoms with Gasteiger partial charge in [0.2, 0.25) is 0 Å². The van der Waals surface area contributed by atoms with E-state index < -0.39 is 12.0 Å². The van der Waals surface area contributed by atoms with E-state index in [4.69, 9.17) is 0 Å². The summed E-state index contributed by atoms with van der Waals surface area (Å²) in [7, 11) is 0. The van der Waals surface area contributed by atoms with Crippen LogP contribution in [-0.2, 0) is 11.3 Å². The summed E-state index contributed by atoms with van der Waals surface area (Å²) < 4.78 is 0. The molecule has 0 spiro atoms. The van der Waals surface area contributed by atoms with E-state index in [0.29, 0.717) is 13.0 Å². The number of hydrogen-bond acceptors (Lipinski definition) is 4. The third kappa shape index (κ3) is 4.66. The lowest BCUT2D eigenvalue weighted by atomic mass is 10.1. The van der Waals surface area contributed by atoms with E-state index in [2.05, 4.69) is 0 Å². The Kier molecular flexibility index (Phi) is 5.86. The van der Waals surface area contributed by atoms with Gasteiger partial charge in [0.05, 0.1) is 5.97 Å². The highest BCUT2D eigenvalue weighted by atomic mass is 32.2. The Balaban J connectivity index is 2.52. The average molecular weight is 255 g/mol. The number of hydrogen-bond donors (Lipinski definition) is 2. The Morgan fingerprint density at radius 3 is 2.82 bits per heavy atom. The summed E-state index contributed by atoms with van der Waals surface area (Å²) in [5, 5.41) is 22.1. The molecule has 17 heavy (non-hydrogen) atoms. The molecule has 1 aromatic rings. The van der Waals surface area contributed by atoms with Crippen molar-refractivity contribution in [3.8, 4) is 5.75 Å². The van der Waals surface area contributed by atoms with Crippen LogP contribution >= 0.6 is 11.8 Å². The normalized spacial score (nSPS) is 12.3. The van der Waals surface area contributed by atoms with E-state index in [9.17, 15) is 15.0 Å². The fraction of sp³-hybridized carbons (Fsp3) is 0.417. The minimum absolute atomic E-state index is 0.200. The van der Waals surface area contributed by atoms with Crippen molar-refractivity contribution in [2.45, 2.75) is 19.0 Å². The van der Waals surface area contributed by atoms with Crippen LogP contribution < -0.4 is 10.4 Å². The van der Waals surface area contributed by atoms with E-state index in [-0.39, 0.29) is 5.75 Å². The van der Waals surface area contributed by atoms with Gasteiger partial charge < -0.3 is 20.3 Å². The predicted molar refractivity (Wildman–Crippen MR) is 65.5 cm³/mol. The van der Waals surface area contributed by atoms with Crippen LogP contribution in [0.15, 0.2) is 24.3 Å². The lowest BCUT2D eigenvalue weighted by Crippen LogP contribution is -2.91. The first-order valence-electron chi connectivity index (χ1n) is 5.45. The second-order valence-corrected chi connectivity index (χ2v) is 4.76. The lowest BCUT2D eigenvalue weighted by Gasteiger charge is -2.16. The molecule has 0 radical (unpaired) electrons. The minimum Gasteiger partial charge on any atom is -0.544 e. The number of carbonyl (C=O) groups excluding carboxylic acids is 1. The first-order valence-corrected chi connectivity index (χ1v) is 6.84. The molecule has 0 unspecified atom stereocenters. The molecule has 94 valence electrons. The number of aliphatic carboxylic acids is 1. The van der Waals surface area contributed by atoms with E-state index in [1.54, 1.807) is 35.3 Å². The molecule has 3 N–H and O–H groups in total. The summed E-state index contributed by atoms with van der Waals surface area (Å²) >= 11 is 1.61. The molecule has 0 saturated heterocycles. The maximum atomic E-state index is 10.9. The van der Waals surface area contributed by atoms with Gasteiger partial charge in [0.25, 0.3) is 0 Å². The average Bonchev–Trinajstić information content (AvgIpc) is 2.31. The number of nitrogens with two attached hydrogens (primary N) is 1. The molecule has 0 amide bonds. The van der Waals surface area contributed by atoms with E-state index >= 15 is 0 Å². The summed E-state index contributed by atoms with van der Waals surface area (Å²) in [4.78, 5) is 10.9. The van der Waals surface area contributed by atoms with Crippen molar-refractivity contribution in [2.24, 2.45) is 0 Å². The van der Waals surface area contributed by atoms with Gasteiger partial charge in [0, 0.05) is 12.0 Å². The molecule has 0 fully saturated rings. The number of aromatic hydroxyl groups is 1. The van der Waals surface area contributed by atoms with Crippen LogP contribution in [0.5, 0.6) is 5.75 Å². The Morgan fingerprint density at radius 1 is 1.53 bits per heavy atom. The molecule has 0 heterocycles. The fourth-order valence-electron chi connectivity index (χ4n) is 1.53. The number of phenolic OH excluding ortho intramolecular Hbond substituents is 1. The monoisotopic (exact) mass is 255 g/mol. The van der Waals surface area contributed by atoms with Crippen LogP contribution in [-0.4, -0.2) is 29.1 Å². The number of quaternary nitrogens is 1. The van der Waals surface area contributed by atoms with Crippen molar-refractivity contribution < 1.29 is 20.3 Å². The number of thioether (sulfide) groups is 1. The van der Waals surface area contributed by atoms with Crippen LogP contribution in [0.3, 0.4) is 0 Å². The van der Waals surface area contributed by atoms with Crippen molar-refractivity contribution in [3.63, 3.8) is 0 Å². The third-order valence-electron chi connectivity index (χ3n) is 2.55. The van der Waals surface area contributed by atoms with E-state index in [1.165, 1.54) is 0 Å². The molecule has 1 aromatic carbocycles. The smallest absolute Gasteiger partial charge is 0.127 e. The Bertz CT molecular complexity index is 371. The predicted octanol–water partition coefficient (Wildman–Crippen LogP) is -0.673. The number of carboxylic acid groups (broad SMARTS) is 1. The van der Waals surface area contributed by atoms with Gasteiger partial charge in [-0.25, -0.2) is 0 Å². The SMILES string of the molecule is CSCC[C@@H]([NH2+]Cc1ccccc1O)C(=O)[O-]. The number of phenols is 1. The number of para-hydroxylation sites is 1. The lowest BCUT2D eigenvalue weighted by molar-refractivity contribution is -0.698. The van der Waals surface area contributed by atoms with Crippen molar-refractivity contribution >= 4 is 17.7 Å². The van der Waals surface area contributed by atoms with Crippen LogP contribution in [0, 0.1) is 0 Å². The number of carbonyl (C=O) groups is 1. The second kappa shape index (κ2) is 7.19. The zero-order valence-electron chi connectivity index (χ0n) is 9.76. The minimum atomic E-state index is -1.05. The fourth-order valence-corrected chi connectivity index (χ4v) is 2.02. The Labute approximate surface area is 105 Å². The molecular weight excluding hydrogens is 238 g/mol. The summed E-state index contributed by atoms with van der Waals surface area (Å²) in [6.45, 7) is 0.444. The summed E-state index contributed by atoms with van der Waals surface area (Å²) in [6, 6.07) is 6.38. The maximum Gasteiger partial charge on any atom is 0.127 e. The summed E-state index contributed by atoms with van der Waals surface area (Å²) in [5.74, 6) is -0.0594. The molecule has 0 aliphatic rings. The quantitative estimate of drug-likeness (QED) is 0.677. The first kappa shape index (κ1) is 13.9. The molecule has 0 aliphatic heterocycles. The van der Waals surface area contributed by atoms with E-state index in [0.717, 1.165) is 11.3 Å². The Hall–Kier alpha value is -1.20. The number of carboxylic acids is 1. The van der Waals surface area contributed by atoms with Crippen LogP contribution in [0.1, 0.15) is 12.0 Å². The maximum absolute atomic E-state index is 10.9. The van der Waals surface area contributed by atoms with Gasteiger partial charge in [-0.15, -0.1) is 0 Å².